The molecule has 9 nitrogen and oxygen atoms in total. The summed E-state index contributed by atoms with van der Waals surface area (Å²) in [5.74, 6) is -0.479. The van der Waals surface area contributed by atoms with Crippen molar-refractivity contribution in [3.63, 3.8) is 0 Å². The minimum Gasteiger partial charge on any atom is -0.325 e. The van der Waals surface area contributed by atoms with Crippen LogP contribution in [0.15, 0.2) is 81.6 Å². The van der Waals surface area contributed by atoms with E-state index in [2.05, 4.69) is 15.3 Å². The molecule has 170 valence electrons. The second-order valence-electron chi connectivity index (χ2n) is 7.14. The standard InChI is InChI=1S/C23H17N5O4S2/c24-12-19-21(18-7-3-5-14-4-1-2-6-17(14)18)27-23(28-22(19)30)33-13-20(29)26-15-8-10-16(11-9-15)34(25,31)32/h1-11H,13H2,(H,26,29)(H2,25,31,32)(H,27,28,30). The number of nitrogens with zero attached hydrogens (tertiary/aromatic N) is 2. The third-order valence-corrected chi connectivity index (χ3v) is 6.66. The van der Waals surface area contributed by atoms with Gasteiger partial charge in [0.2, 0.25) is 15.9 Å². The molecule has 0 aliphatic carbocycles. The fourth-order valence-electron chi connectivity index (χ4n) is 3.31. The largest absolute Gasteiger partial charge is 0.325 e. The summed E-state index contributed by atoms with van der Waals surface area (Å²) in [4.78, 5) is 31.9. The van der Waals surface area contributed by atoms with E-state index in [1.807, 2.05) is 42.5 Å². The van der Waals surface area contributed by atoms with Crippen LogP contribution in [-0.4, -0.2) is 30.0 Å². The number of amides is 1. The van der Waals surface area contributed by atoms with Gasteiger partial charge < -0.3 is 10.3 Å². The summed E-state index contributed by atoms with van der Waals surface area (Å²) >= 11 is 0.999. The zero-order chi connectivity index (χ0) is 24.3. The Bertz CT molecular complexity index is 1600. The maximum Gasteiger partial charge on any atom is 0.270 e. The fraction of sp³-hybridized carbons (Fsp3) is 0.0435. The van der Waals surface area contributed by atoms with E-state index in [0.29, 0.717) is 11.3 Å². The average molecular weight is 492 g/mol. The number of nitrogens with two attached hydrogens (primary N) is 1. The molecule has 0 radical (unpaired) electrons. The highest BCUT2D eigenvalue weighted by atomic mass is 32.2. The van der Waals surface area contributed by atoms with Gasteiger partial charge in [-0.2, -0.15) is 5.26 Å². The van der Waals surface area contributed by atoms with Crippen molar-refractivity contribution in [2.75, 3.05) is 11.1 Å². The Morgan fingerprint density at radius 1 is 1.09 bits per heavy atom. The van der Waals surface area contributed by atoms with E-state index in [1.54, 1.807) is 6.07 Å². The lowest BCUT2D eigenvalue weighted by Crippen LogP contribution is -2.17. The van der Waals surface area contributed by atoms with Crippen LogP contribution in [0.3, 0.4) is 0 Å². The number of nitrogens with one attached hydrogen (secondary N) is 2. The second kappa shape index (κ2) is 9.48. The zero-order valence-electron chi connectivity index (χ0n) is 17.5. The minimum atomic E-state index is -3.83. The van der Waals surface area contributed by atoms with Crippen LogP contribution in [0, 0.1) is 11.3 Å². The molecule has 0 bridgehead atoms. The van der Waals surface area contributed by atoms with Crippen molar-refractivity contribution in [3.8, 4) is 17.3 Å². The van der Waals surface area contributed by atoms with E-state index in [9.17, 15) is 23.3 Å². The first-order valence-electron chi connectivity index (χ1n) is 9.84. The Labute approximate surface area is 198 Å². The molecule has 4 N–H and O–H groups in total. The molecule has 0 atom stereocenters. The van der Waals surface area contributed by atoms with Gasteiger partial charge in [0.15, 0.2) is 5.16 Å². The fourth-order valence-corrected chi connectivity index (χ4v) is 4.49. The number of benzene rings is 3. The van der Waals surface area contributed by atoms with Gasteiger partial charge in [0.05, 0.1) is 16.3 Å². The lowest BCUT2D eigenvalue weighted by Gasteiger charge is -2.10. The number of fused-ring (bicyclic) bond motifs is 1. The molecule has 0 fully saturated rings. The number of rotatable bonds is 6. The van der Waals surface area contributed by atoms with E-state index in [1.165, 1.54) is 24.3 Å². The molecule has 4 rings (SSSR count). The number of carbonyl (C=O) groups is 1. The molecule has 0 saturated heterocycles. The topological polar surface area (TPSA) is 159 Å². The van der Waals surface area contributed by atoms with Gasteiger partial charge in [0.25, 0.3) is 5.56 Å². The first-order chi connectivity index (χ1) is 16.3. The summed E-state index contributed by atoms with van der Waals surface area (Å²) in [5.41, 5.74) is 0.560. The maximum absolute atomic E-state index is 12.6. The van der Waals surface area contributed by atoms with Gasteiger partial charge in [-0.05, 0) is 35.0 Å². The quantitative estimate of drug-likeness (QED) is 0.276. The van der Waals surface area contributed by atoms with E-state index >= 15 is 0 Å². The second-order valence-corrected chi connectivity index (χ2v) is 9.66. The van der Waals surface area contributed by atoms with Gasteiger partial charge >= 0.3 is 0 Å². The number of aromatic nitrogens is 2. The molecule has 3 aromatic carbocycles. The predicted molar refractivity (Wildman–Crippen MR) is 130 cm³/mol. The SMILES string of the molecule is N#Cc1c(-c2cccc3ccccc23)nc(SCC(=O)Nc2ccc(S(N)(=O)=O)cc2)[nH]c1=O. The van der Waals surface area contributed by atoms with Crippen LogP contribution < -0.4 is 16.0 Å². The van der Waals surface area contributed by atoms with Crippen LogP contribution in [0.4, 0.5) is 5.69 Å². The molecule has 0 spiro atoms. The van der Waals surface area contributed by atoms with E-state index in [0.717, 1.165) is 22.5 Å². The van der Waals surface area contributed by atoms with Crippen LogP contribution in [-0.2, 0) is 14.8 Å². The summed E-state index contributed by atoms with van der Waals surface area (Å²) in [6, 6.07) is 20.4. The monoisotopic (exact) mass is 491 g/mol. The molecule has 0 aliphatic rings. The van der Waals surface area contributed by atoms with Crippen molar-refractivity contribution < 1.29 is 13.2 Å². The number of carbonyl (C=O) groups excluding carboxylic acids is 1. The third-order valence-electron chi connectivity index (χ3n) is 4.86. The van der Waals surface area contributed by atoms with Gasteiger partial charge in [0.1, 0.15) is 11.6 Å². The maximum atomic E-state index is 12.6. The van der Waals surface area contributed by atoms with Crippen LogP contribution >= 0.6 is 11.8 Å². The Morgan fingerprint density at radius 2 is 1.79 bits per heavy atom. The van der Waals surface area contributed by atoms with Crippen LogP contribution in [0.1, 0.15) is 5.56 Å². The Hall–Kier alpha value is -3.98. The van der Waals surface area contributed by atoms with Crippen molar-refractivity contribution in [1.29, 1.82) is 5.26 Å². The smallest absolute Gasteiger partial charge is 0.270 e. The number of thioether (sulfide) groups is 1. The van der Waals surface area contributed by atoms with Crippen LogP contribution in [0.2, 0.25) is 0 Å². The number of primary sulfonamides is 1. The zero-order valence-corrected chi connectivity index (χ0v) is 19.1. The molecule has 0 saturated carbocycles. The normalized spacial score (nSPS) is 11.2. The molecule has 1 heterocycles. The Balaban J connectivity index is 1.56. The lowest BCUT2D eigenvalue weighted by molar-refractivity contribution is -0.113. The molecule has 34 heavy (non-hydrogen) atoms. The average Bonchev–Trinajstić information content (AvgIpc) is 2.82. The van der Waals surface area contributed by atoms with Crippen molar-refractivity contribution in [2.24, 2.45) is 5.14 Å². The number of H-pyrrole nitrogens is 1. The predicted octanol–water partition coefficient (Wildman–Crippen LogP) is 2.84. The lowest BCUT2D eigenvalue weighted by atomic mass is 10.00. The molecular formula is C23H17N5O4S2. The summed E-state index contributed by atoms with van der Waals surface area (Å²) < 4.78 is 22.7. The van der Waals surface area contributed by atoms with E-state index in [4.69, 9.17) is 5.14 Å². The highest BCUT2D eigenvalue weighted by Crippen LogP contribution is 2.29. The first kappa shape index (κ1) is 23.2. The Kier molecular flexibility index (Phi) is 6.47. The number of hydrogen-bond acceptors (Lipinski definition) is 7. The van der Waals surface area contributed by atoms with E-state index in [-0.39, 0.29) is 27.1 Å². The summed E-state index contributed by atoms with van der Waals surface area (Å²) in [6.45, 7) is 0. The molecule has 0 unspecified atom stereocenters. The van der Waals surface area contributed by atoms with Gasteiger partial charge in [-0.1, -0.05) is 54.2 Å². The minimum absolute atomic E-state index is 0.0693. The Morgan fingerprint density at radius 3 is 2.50 bits per heavy atom. The van der Waals surface area contributed by atoms with Crippen molar-refractivity contribution in [2.45, 2.75) is 10.1 Å². The molecular weight excluding hydrogens is 474 g/mol. The van der Waals surface area contributed by atoms with Crippen LogP contribution in [0.25, 0.3) is 22.0 Å². The summed E-state index contributed by atoms with van der Waals surface area (Å²) in [7, 11) is -3.83. The number of hydrogen-bond donors (Lipinski definition) is 3. The van der Waals surface area contributed by atoms with Crippen molar-refractivity contribution >= 4 is 44.2 Å². The molecule has 0 aliphatic heterocycles. The van der Waals surface area contributed by atoms with Gasteiger partial charge in [-0.3, -0.25) is 9.59 Å². The van der Waals surface area contributed by atoms with E-state index < -0.39 is 21.5 Å². The number of anilines is 1. The molecule has 4 aromatic rings. The highest BCUT2D eigenvalue weighted by Gasteiger charge is 2.16. The number of aromatic amines is 1. The number of nitriles is 1. The third kappa shape index (κ3) is 4.99. The van der Waals surface area contributed by atoms with Gasteiger partial charge in [-0.15, -0.1) is 0 Å². The highest BCUT2D eigenvalue weighted by molar-refractivity contribution is 7.99. The van der Waals surface area contributed by atoms with Crippen molar-refractivity contribution in [3.05, 3.63) is 82.6 Å². The molecule has 11 heteroatoms. The van der Waals surface area contributed by atoms with Crippen molar-refractivity contribution in [1.82, 2.24) is 9.97 Å². The first-order valence-corrected chi connectivity index (χ1v) is 12.4. The molecule has 1 amide bonds. The number of sulfonamides is 1. The van der Waals surface area contributed by atoms with Crippen LogP contribution in [0.5, 0.6) is 0 Å². The summed E-state index contributed by atoms with van der Waals surface area (Å²) in [6.07, 6.45) is 0. The van der Waals surface area contributed by atoms with Gasteiger partial charge in [0, 0.05) is 11.3 Å². The summed E-state index contributed by atoms with van der Waals surface area (Å²) in [5, 5.41) is 19.2. The van der Waals surface area contributed by atoms with Gasteiger partial charge in [-0.25, -0.2) is 18.5 Å². The molecule has 1 aromatic heterocycles.